The summed E-state index contributed by atoms with van der Waals surface area (Å²) in [6.07, 6.45) is 2.39. The molecule has 2 heterocycles. The highest BCUT2D eigenvalue weighted by Crippen LogP contribution is 2.21. The molecule has 0 bridgehead atoms. The van der Waals surface area contributed by atoms with Crippen molar-refractivity contribution in [3.05, 3.63) is 6.07 Å². The van der Waals surface area contributed by atoms with Crippen molar-refractivity contribution in [2.45, 2.75) is 25.8 Å². The lowest BCUT2D eigenvalue weighted by molar-refractivity contribution is 0.447. The first-order valence-corrected chi connectivity index (χ1v) is 6.53. The first kappa shape index (κ1) is 12.9. The van der Waals surface area contributed by atoms with Crippen molar-refractivity contribution in [2.24, 2.45) is 0 Å². The Labute approximate surface area is 108 Å². The molecule has 1 atom stereocenters. The third-order valence-electron chi connectivity index (χ3n) is 3.24. The Morgan fingerprint density at radius 2 is 2.33 bits per heavy atom. The zero-order valence-electron chi connectivity index (χ0n) is 11.1. The number of nitrogens with zero attached hydrogens (tertiary/aromatic N) is 3. The average Bonchev–Trinajstić information content (AvgIpc) is 2.38. The summed E-state index contributed by atoms with van der Waals surface area (Å²) in [5.74, 6) is 2.04. The maximum atomic E-state index is 5.76. The van der Waals surface area contributed by atoms with Gasteiger partial charge < -0.3 is 21.3 Å². The molecule has 0 amide bonds. The van der Waals surface area contributed by atoms with E-state index in [0.29, 0.717) is 12.0 Å². The number of nitrogens with one attached hydrogen (secondary N) is 2. The number of hydrogen-bond acceptors (Lipinski definition) is 6. The van der Waals surface area contributed by atoms with Crippen LogP contribution in [0, 0.1) is 0 Å². The molecule has 1 fully saturated rings. The molecule has 1 unspecified atom stereocenters. The summed E-state index contributed by atoms with van der Waals surface area (Å²) in [6, 6.07) is 2.50. The number of rotatable bonds is 4. The van der Waals surface area contributed by atoms with Gasteiger partial charge in [0.05, 0.1) is 0 Å². The Morgan fingerprint density at radius 3 is 3.06 bits per heavy atom. The Hall–Kier alpha value is -1.56. The van der Waals surface area contributed by atoms with Gasteiger partial charge in [0, 0.05) is 31.7 Å². The Balaban J connectivity index is 2.16. The van der Waals surface area contributed by atoms with Crippen LogP contribution in [0.25, 0.3) is 0 Å². The van der Waals surface area contributed by atoms with Gasteiger partial charge in [0.2, 0.25) is 5.95 Å². The molecule has 1 aliphatic heterocycles. The third-order valence-corrected chi connectivity index (χ3v) is 3.24. The second-order valence-corrected chi connectivity index (χ2v) is 4.57. The molecule has 0 aliphatic carbocycles. The molecular formula is C12H22N6. The van der Waals surface area contributed by atoms with Gasteiger partial charge in [0.1, 0.15) is 11.6 Å². The number of likely N-dealkylation sites (N-methyl/N-ethyl adjacent to an activating group) is 1. The van der Waals surface area contributed by atoms with Crippen molar-refractivity contribution in [2.75, 3.05) is 42.6 Å². The van der Waals surface area contributed by atoms with Crippen LogP contribution in [0.1, 0.15) is 19.8 Å². The normalized spacial score (nSPS) is 19.9. The van der Waals surface area contributed by atoms with Crippen LogP contribution < -0.4 is 21.3 Å². The fourth-order valence-corrected chi connectivity index (χ4v) is 2.31. The van der Waals surface area contributed by atoms with E-state index in [9.17, 15) is 0 Å². The molecule has 0 aromatic carbocycles. The molecule has 1 saturated heterocycles. The van der Waals surface area contributed by atoms with E-state index in [1.54, 1.807) is 0 Å². The Kier molecular flexibility index (Phi) is 4.19. The highest BCUT2D eigenvalue weighted by Gasteiger charge is 2.20. The maximum Gasteiger partial charge on any atom is 0.223 e. The van der Waals surface area contributed by atoms with Gasteiger partial charge in [-0.05, 0) is 26.8 Å². The summed E-state index contributed by atoms with van der Waals surface area (Å²) in [6.45, 7) is 4.86. The minimum absolute atomic E-state index is 0.329. The smallest absolute Gasteiger partial charge is 0.223 e. The van der Waals surface area contributed by atoms with Gasteiger partial charge in [-0.3, -0.25) is 0 Å². The van der Waals surface area contributed by atoms with Crippen LogP contribution >= 0.6 is 0 Å². The van der Waals surface area contributed by atoms with Gasteiger partial charge in [-0.25, -0.2) is 0 Å². The maximum absolute atomic E-state index is 5.76. The lowest BCUT2D eigenvalue weighted by Gasteiger charge is -2.33. The van der Waals surface area contributed by atoms with Crippen LogP contribution in [0.15, 0.2) is 6.07 Å². The summed E-state index contributed by atoms with van der Waals surface area (Å²) >= 11 is 0. The monoisotopic (exact) mass is 250 g/mol. The average molecular weight is 250 g/mol. The Morgan fingerprint density at radius 1 is 1.50 bits per heavy atom. The van der Waals surface area contributed by atoms with Crippen molar-refractivity contribution in [1.82, 2.24) is 15.3 Å². The lowest BCUT2D eigenvalue weighted by Crippen LogP contribution is -2.44. The van der Waals surface area contributed by atoms with E-state index in [4.69, 9.17) is 5.73 Å². The van der Waals surface area contributed by atoms with Crippen molar-refractivity contribution >= 4 is 17.6 Å². The largest absolute Gasteiger partial charge is 0.370 e. The van der Waals surface area contributed by atoms with Crippen molar-refractivity contribution in [3.8, 4) is 0 Å². The SMILES string of the molecule is CCNc1cc(N2CCCC(NC)C2)nc(N)n1. The van der Waals surface area contributed by atoms with Gasteiger partial charge in [-0.15, -0.1) is 0 Å². The minimum Gasteiger partial charge on any atom is -0.370 e. The van der Waals surface area contributed by atoms with E-state index < -0.39 is 0 Å². The summed E-state index contributed by atoms with van der Waals surface area (Å²) in [7, 11) is 2.01. The van der Waals surface area contributed by atoms with E-state index in [0.717, 1.165) is 31.3 Å². The second-order valence-electron chi connectivity index (χ2n) is 4.57. The number of hydrogen-bond donors (Lipinski definition) is 3. The number of aromatic nitrogens is 2. The zero-order valence-corrected chi connectivity index (χ0v) is 11.1. The summed E-state index contributed by atoms with van der Waals surface area (Å²) in [4.78, 5) is 10.8. The second kappa shape index (κ2) is 5.86. The fraction of sp³-hybridized carbons (Fsp3) is 0.667. The van der Waals surface area contributed by atoms with Gasteiger partial charge >= 0.3 is 0 Å². The summed E-state index contributed by atoms with van der Waals surface area (Å²) < 4.78 is 0. The van der Waals surface area contributed by atoms with Crippen molar-refractivity contribution < 1.29 is 0 Å². The highest BCUT2D eigenvalue weighted by molar-refractivity contribution is 5.52. The molecule has 0 radical (unpaired) electrons. The van der Waals surface area contributed by atoms with E-state index >= 15 is 0 Å². The van der Waals surface area contributed by atoms with Crippen LogP contribution in [0.4, 0.5) is 17.6 Å². The van der Waals surface area contributed by atoms with Crippen LogP contribution in [-0.2, 0) is 0 Å². The quantitative estimate of drug-likeness (QED) is 0.729. The molecule has 1 aromatic rings. The van der Waals surface area contributed by atoms with Gasteiger partial charge in [-0.1, -0.05) is 0 Å². The molecular weight excluding hydrogens is 228 g/mol. The number of nitrogens with two attached hydrogens (primary N) is 1. The Bertz CT molecular complexity index is 394. The molecule has 6 nitrogen and oxygen atoms in total. The molecule has 6 heteroatoms. The third kappa shape index (κ3) is 3.01. The first-order chi connectivity index (χ1) is 8.72. The van der Waals surface area contributed by atoms with Crippen LogP contribution in [0.3, 0.4) is 0 Å². The first-order valence-electron chi connectivity index (χ1n) is 6.53. The number of anilines is 3. The number of nitrogen functional groups attached to an aromatic ring is 1. The molecule has 18 heavy (non-hydrogen) atoms. The molecule has 1 aliphatic rings. The minimum atomic E-state index is 0.329. The standard InChI is InChI=1S/C12H22N6/c1-3-15-10-7-11(17-12(13)16-10)18-6-4-5-9(8-18)14-2/h7,9,14H,3-6,8H2,1-2H3,(H3,13,15,16,17). The van der Waals surface area contributed by atoms with E-state index in [1.807, 2.05) is 20.0 Å². The van der Waals surface area contributed by atoms with Gasteiger partial charge in [-0.2, -0.15) is 9.97 Å². The molecule has 0 spiro atoms. The molecule has 100 valence electrons. The van der Waals surface area contributed by atoms with Crippen molar-refractivity contribution in [1.29, 1.82) is 0 Å². The van der Waals surface area contributed by atoms with E-state index in [1.165, 1.54) is 12.8 Å². The molecule has 4 N–H and O–H groups in total. The summed E-state index contributed by atoms with van der Waals surface area (Å²) in [5.41, 5.74) is 5.76. The molecule has 2 rings (SSSR count). The van der Waals surface area contributed by atoms with Crippen LogP contribution in [0.5, 0.6) is 0 Å². The van der Waals surface area contributed by atoms with E-state index in [-0.39, 0.29) is 0 Å². The molecule has 1 aromatic heterocycles. The van der Waals surface area contributed by atoms with E-state index in [2.05, 4.69) is 25.5 Å². The van der Waals surface area contributed by atoms with Crippen LogP contribution in [-0.4, -0.2) is 42.7 Å². The van der Waals surface area contributed by atoms with Crippen LogP contribution in [0.2, 0.25) is 0 Å². The number of piperidine rings is 1. The zero-order chi connectivity index (χ0) is 13.0. The predicted molar refractivity (Wildman–Crippen MR) is 74.9 cm³/mol. The molecule has 0 saturated carbocycles. The van der Waals surface area contributed by atoms with Crippen molar-refractivity contribution in [3.63, 3.8) is 0 Å². The summed E-state index contributed by atoms with van der Waals surface area (Å²) in [5, 5.41) is 6.51. The lowest BCUT2D eigenvalue weighted by atomic mass is 10.1. The fourth-order valence-electron chi connectivity index (χ4n) is 2.31. The topological polar surface area (TPSA) is 79.1 Å². The predicted octanol–water partition coefficient (Wildman–Crippen LogP) is 0.679. The van der Waals surface area contributed by atoms with Gasteiger partial charge in [0.15, 0.2) is 0 Å². The highest BCUT2D eigenvalue weighted by atomic mass is 15.2. The van der Waals surface area contributed by atoms with Gasteiger partial charge in [0.25, 0.3) is 0 Å².